The van der Waals surface area contributed by atoms with Gasteiger partial charge in [0.25, 0.3) is 0 Å². The first kappa shape index (κ1) is 22.9. The van der Waals surface area contributed by atoms with Crippen molar-refractivity contribution in [3.8, 4) is 0 Å². The van der Waals surface area contributed by atoms with Crippen molar-refractivity contribution in [3.05, 3.63) is 106 Å². The number of nitrogens with zero attached hydrogens (tertiary/aromatic N) is 1. The fourth-order valence-corrected chi connectivity index (χ4v) is 4.14. The molecule has 2 N–H and O–H groups in total. The Labute approximate surface area is 195 Å². The molecule has 7 heteroatoms. The van der Waals surface area contributed by atoms with Gasteiger partial charge in [0, 0.05) is 37.7 Å². The van der Waals surface area contributed by atoms with E-state index >= 15 is 0 Å². The first-order valence-electron chi connectivity index (χ1n) is 10.6. The average molecular weight is 459 g/mol. The summed E-state index contributed by atoms with van der Waals surface area (Å²) in [5, 5.41) is 19.9. The number of carboxylic acids is 1. The number of allylic oxidation sites excluding steroid dienone is 1. The summed E-state index contributed by atoms with van der Waals surface area (Å²) < 4.78 is 14.5. The minimum atomic E-state index is -1.09. The molecule has 34 heavy (non-hydrogen) atoms. The number of hydrogen-bond acceptors (Lipinski definition) is 5. The lowest BCUT2D eigenvalue weighted by molar-refractivity contribution is -0.120. The van der Waals surface area contributed by atoms with Crippen LogP contribution in [0.3, 0.4) is 0 Å². The third-order valence-corrected chi connectivity index (χ3v) is 5.82. The number of Topliss-reactive ketones (excluding diaryl/α,β-unsaturated/α-hetero) is 2. The molecule has 0 heterocycles. The zero-order chi connectivity index (χ0) is 24.4. The van der Waals surface area contributed by atoms with Crippen LogP contribution in [0.25, 0.3) is 5.76 Å². The molecule has 0 atom stereocenters. The third kappa shape index (κ3) is 4.59. The standard InChI is InChI=1S/C27H22FNO5/c1-29(15-17-5-3-2-4-6-17)22-13-19(28)12-21-20(22)14-24(31)25(26(21)32)23(30)11-16-7-9-18(10-8-16)27(33)34/h2-10,12-13,32H,11,14-15H2,1H3,(H,33,34). The first-order chi connectivity index (χ1) is 16.2. The molecule has 172 valence electrons. The molecule has 0 amide bonds. The zero-order valence-corrected chi connectivity index (χ0v) is 18.4. The molecule has 0 saturated heterocycles. The van der Waals surface area contributed by atoms with Gasteiger partial charge in [-0.05, 0) is 41.0 Å². The predicted molar refractivity (Wildman–Crippen MR) is 125 cm³/mol. The lowest BCUT2D eigenvalue weighted by atomic mass is 9.85. The number of benzene rings is 3. The van der Waals surface area contributed by atoms with Crippen molar-refractivity contribution in [1.82, 2.24) is 0 Å². The van der Waals surface area contributed by atoms with Crippen LogP contribution in [0.1, 0.15) is 32.6 Å². The van der Waals surface area contributed by atoms with Crippen molar-refractivity contribution in [2.45, 2.75) is 19.4 Å². The van der Waals surface area contributed by atoms with E-state index < -0.39 is 29.1 Å². The quantitative estimate of drug-likeness (QED) is 0.510. The Morgan fingerprint density at radius 1 is 1.00 bits per heavy atom. The van der Waals surface area contributed by atoms with Crippen molar-refractivity contribution < 1.29 is 29.0 Å². The Morgan fingerprint density at radius 2 is 1.68 bits per heavy atom. The SMILES string of the molecule is CN(Cc1ccccc1)c1cc(F)cc2c1CC(=O)C(C(=O)Cc1ccc(C(=O)O)cc1)=C2O. The molecule has 0 saturated carbocycles. The summed E-state index contributed by atoms with van der Waals surface area (Å²) in [5.41, 5.74) is 2.25. The summed E-state index contributed by atoms with van der Waals surface area (Å²) in [6, 6.07) is 17.7. The van der Waals surface area contributed by atoms with E-state index in [1.165, 1.54) is 30.3 Å². The van der Waals surface area contributed by atoms with Gasteiger partial charge < -0.3 is 15.1 Å². The van der Waals surface area contributed by atoms with Crippen LogP contribution in [0.5, 0.6) is 0 Å². The second kappa shape index (κ2) is 9.31. The number of ketones is 2. The van der Waals surface area contributed by atoms with Gasteiger partial charge >= 0.3 is 5.97 Å². The van der Waals surface area contributed by atoms with Crippen LogP contribution in [-0.4, -0.2) is 34.8 Å². The number of fused-ring (bicyclic) bond motifs is 1. The van der Waals surface area contributed by atoms with Crippen molar-refractivity contribution in [2.75, 3.05) is 11.9 Å². The highest BCUT2D eigenvalue weighted by Crippen LogP contribution is 2.36. The fourth-order valence-electron chi connectivity index (χ4n) is 4.14. The largest absolute Gasteiger partial charge is 0.506 e. The van der Waals surface area contributed by atoms with E-state index in [1.807, 2.05) is 30.3 Å². The van der Waals surface area contributed by atoms with Gasteiger partial charge in [0.15, 0.2) is 11.6 Å². The molecular weight excluding hydrogens is 437 g/mol. The third-order valence-electron chi connectivity index (χ3n) is 5.82. The number of aromatic carboxylic acids is 1. The maximum atomic E-state index is 14.5. The normalized spacial score (nSPS) is 12.9. The van der Waals surface area contributed by atoms with Gasteiger partial charge in [0.1, 0.15) is 17.1 Å². The molecule has 0 radical (unpaired) electrons. The van der Waals surface area contributed by atoms with Crippen molar-refractivity contribution in [1.29, 1.82) is 0 Å². The molecule has 0 aliphatic heterocycles. The predicted octanol–water partition coefficient (Wildman–Crippen LogP) is 4.37. The number of halogens is 1. The molecular formula is C27H22FNO5. The molecule has 6 nitrogen and oxygen atoms in total. The van der Waals surface area contributed by atoms with Gasteiger partial charge in [-0.25, -0.2) is 9.18 Å². The molecule has 1 aliphatic rings. The van der Waals surface area contributed by atoms with Gasteiger partial charge in [-0.3, -0.25) is 9.59 Å². The van der Waals surface area contributed by atoms with Gasteiger partial charge in [-0.2, -0.15) is 0 Å². The molecule has 1 aliphatic carbocycles. The lowest BCUT2D eigenvalue weighted by Crippen LogP contribution is -2.26. The van der Waals surface area contributed by atoms with E-state index in [-0.39, 0.29) is 29.5 Å². The van der Waals surface area contributed by atoms with E-state index in [1.54, 1.807) is 11.9 Å². The fraction of sp³-hybridized carbons (Fsp3) is 0.148. The van der Waals surface area contributed by atoms with E-state index in [0.29, 0.717) is 23.4 Å². The maximum Gasteiger partial charge on any atom is 0.335 e. The number of aliphatic hydroxyl groups excluding tert-OH is 1. The molecule has 0 spiro atoms. The van der Waals surface area contributed by atoms with E-state index in [0.717, 1.165) is 11.6 Å². The second-order valence-electron chi connectivity index (χ2n) is 8.22. The van der Waals surface area contributed by atoms with Crippen LogP contribution in [0.4, 0.5) is 10.1 Å². The van der Waals surface area contributed by atoms with Crippen molar-refractivity contribution in [3.63, 3.8) is 0 Å². The average Bonchev–Trinajstić information content (AvgIpc) is 2.80. The number of rotatable bonds is 7. The van der Waals surface area contributed by atoms with Crippen LogP contribution in [0.2, 0.25) is 0 Å². The summed E-state index contributed by atoms with van der Waals surface area (Å²) in [7, 11) is 1.77. The van der Waals surface area contributed by atoms with Crippen LogP contribution in [-0.2, 0) is 29.0 Å². The molecule has 4 rings (SSSR count). The van der Waals surface area contributed by atoms with E-state index in [2.05, 4.69) is 0 Å². The Balaban J connectivity index is 1.66. The van der Waals surface area contributed by atoms with E-state index in [4.69, 9.17) is 5.11 Å². The number of carbonyl (C=O) groups is 3. The molecule has 0 unspecified atom stereocenters. The van der Waals surface area contributed by atoms with Gasteiger partial charge in [0.05, 0.1) is 5.56 Å². The lowest BCUT2D eigenvalue weighted by Gasteiger charge is -2.27. The van der Waals surface area contributed by atoms with E-state index in [9.17, 15) is 23.9 Å². The van der Waals surface area contributed by atoms with Crippen LogP contribution < -0.4 is 4.90 Å². The summed E-state index contributed by atoms with van der Waals surface area (Å²) in [4.78, 5) is 38.6. The monoisotopic (exact) mass is 459 g/mol. The number of hydrogen-bond donors (Lipinski definition) is 2. The molecule has 3 aromatic rings. The minimum absolute atomic E-state index is 0.0727. The molecule has 0 aromatic heterocycles. The van der Waals surface area contributed by atoms with Gasteiger partial charge in [-0.15, -0.1) is 0 Å². The second-order valence-corrected chi connectivity index (χ2v) is 8.22. The van der Waals surface area contributed by atoms with Gasteiger partial charge in [-0.1, -0.05) is 42.5 Å². The highest BCUT2D eigenvalue weighted by atomic mass is 19.1. The molecule has 0 fully saturated rings. The number of carboxylic acid groups (broad SMARTS) is 1. The topological polar surface area (TPSA) is 94.9 Å². The Morgan fingerprint density at radius 3 is 2.32 bits per heavy atom. The van der Waals surface area contributed by atoms with Crippen LogP contribution in [0, 0.1) is 5.82 Å². The first-order valence-corrected chi connectivity index (χ1v) is 10.6. The number of anilines is 1. The zero-order valence-electron chi connectivity index (χ0n) is 18.4. The Bertz CT molecular complexity index is 1310. The number of carbonyl (C=O) groups excluding carboxylic acids is 2. The highest BCUT2D eigenvalue weighted by Gasteiger charge is 2.32. The number of aliphatic hydroxyl groups is 1. The molecule has 3 aromatic carbocycles. The van der Waals surface area contributed by atoms with Crippen molar-refractivity contribution in [2.24, 2.45) is 0 Å². The summed E-state index contributed by atoms with van der Waals surface area (Å²) >= 11 is 0. The highest BCUT2D eigenvalue weighted by molar-refractivity contribution is 6.27. The summed E-state index contributed by atoms with van der Waals surface area (Å²) in [6.45, 7) is 0.466. The summed E-state index contributed by atoms with van der Waals surface area (Å²) in [6.07, 6.45) is -0.344. The molecule has 0 bridgehead atoms. The van der Waals surface area contributed by atoms with Crippen LogP contribution in [0.15, 0.2) is 72.3 Å². The minimum Gasteiger partial charge on any atom is -0.506 e. The van der Waals surface area contributed by atoms with Crippen LogP contribution >= 0.6 is 0 Å². The Hall–Kier alpha value is -4.26. The Kier molecular flexibility index (Phi) is 6.27. The summed E-state index contributed by atoms with van der Waals surface area (Å²) in [5.74, 6) is -3.37. The van der Waals surface area contributed by atoms with Gasteiger partial charge in [0.2, 0.25) is 0 Å². The smallest absolute Gasteiger partial charge is 0.335 e. The maximum absolute atomic E-state index is 14.5. The van der Waals surface area contributed by atoms with Crippen molar-refractivity contribution >= 4 is 29.0 Å².